The van der Waals surface area contributed by atoms with Gasteiger partial charge in [-0.1, -0.05) is 65.8 Å². The quantitative estimate of drug-likeness (QED) is 0.503. The number of rotatable bonds is 6. The van der Waals surface area contributed by atoms with Gasteiger partial charge in [-0.15, -0.1) is 0 Å². The topological polar surface area (TPSA) is 52.6 Å². The van der Waals surface area contributed by atoms with Crippen molar-refractivity contribution in [2.75, 3.05) is 20.4 Å². The minimum atomic E-state index is -3.33. The molecular weight excluding hydrogens is 335 g/mol. The molecule has 0 heterocycles. The Morgan fingerprint density at radius 3 is 1.76 bits per heavy atom. The van der Waals surface area contributed by atoms with E-state index in [4.69, 9.17) is 9.05 Å². The number of hydrogen-bond donors (Lipinski definition) is 0. The van der Waals surface area contributed by atoms with Crippen LogP contribution in [0.3, 0.4) is 0 Å². The molecule has 25 heavy (non-hydrogen) atoms. The standard InChI is InChI=1S/C20H31O4P/c1-19(2,3)16-11-15(12-17(13-16)20(4,5)6)9-10-18(21)14-25(22,23-7)24-8/h9-13H,14H2,1-8H3/b10-9+. The van der Waals surface area contributed by atoms with Crippen molar-refractivity contribution in [2.45, 2.75) is 52.4 Å². The van der Waals surface area contributed by atoms with Crippen LogP contribution in [0, 0.1) is 0 Å². The van der Waals surface area contributed by atoms with Crippen molar-refractivity contribution in [3.8, 4) is 0 Å². The Hall–Kier alpha value is -1.22. The lowest BCUT2D eigenvalue weighted by atomic mass is 9.79. The van der Waals surface area contributed by atoms with Gasteiger partial charge in [0.25, 0.3) is 0 Å². The molecule has 1 aromatic carbocycles. The minimum absolute atomic E-state index is 0.00959. The van der Waals surface area contributed by atoms with E-state index in [1.807, 2.05) is 0 Å². The Morgan fingerprint density at radius 2 is 1.40 bits per heavy atom. The van der Waals surface area contributed by atoms with E-state index >= 15 is 0 Å². The van der Waals surface area contributed by atoms with E-state index in [9.17, 15) is 9.36 Å². The van der Waals surface area contributed by atoms with Crippen LogP contribution in [0.5, 0.6) is 0 Å². The smallest absolute Gasteiger partial charge is 0.312 e. The lowest BCUT2D eigenvalue weighted by Crippen LogP contribution is -2.16. The largest absolute Gasteiger partial charge is 0.337 e. The van der Waals surface area contributed by atoms with Gasteiger partial charge in [-0.05, 0) is 33.6 Å². The second-order valence-electron chi connectivity index (χ2n) is 8.28. The third kappa shape index (κ3) is 6.54. The summed E-state index contributed by atoms with van der Waals surface area (Å²) in [6, 6.07) is 6.40. The summed E-state index contributed by atoms with van der Waals surface area (Å²) in [6.07, 6.45) is 2.95. The van der Waals surface area contributed by atoms with Crippen LogP contribution in [-0.2, 0) is 29.2 Å². The van der Waals surface area contributed by atoms with E-state index in [1.54, 1.807) is 6.08 Å². The fourth-order valence-corrected chi connectivity index (χ4v) is 3.14. The van der Waals surface area contributed by atoms with Crippen LogP contribution in [0.25, 0.3) is 6.08 Å². The summed E-state index contributed by atoms with van der Waals surface area (Å²) in [4.78, 5) is 12.1. The summed E-state index contributed by atoms with van der Waals surface area (Å²) >= 11 is 0. The van der Waals surface area contributed by atoms with E-state index < -0.39 is 7.60 Å². The van der Waals surface area contributed by atoms with Crippen LogP contribution in [0.1, 0.15) is 58.2 Å². The van der Waals surface area contributed by atoms with Gasteiger partial charge in [0.05, 0.1) is 0 Å². The zero-order valence-corrected chi connectivity index (χ0v) is 17.6. The maximum absolute atomic E-state index is 12.1. The number of allylic oxidation sites excluding steroid dienone is 1. The predicted octanol–water partition coefficient (Wildman–Crippen LogP) is 5.35. The van der Waals surface area contributed by atoms with Gasteiger partial charge in [0.15, 0.2) is 5.78 Å². The zero-order valence-electron chi connectivity index (χ0n) is 16.7. The Morgan fingerprint density at radius 1 is 0.960 bits per heavy atom. The Balaban J connectivity index is 3.16. The number of ketones is 1. The number of carbonyl (C=O) groups excluding carboxylic acids is 1. The third-order valence-electron chi connectivity index (χ3n) is 4.05. The Kier molecular flexibility index (Phi) is 6.97. The molecule has 0 saturated carbocycles. The van der Waals surface area contributed by atoms with Gasteiger partial charge in [0.2, 0.25) is 0 Å². The summed E-state index contributed by atoms with van der Waals surface area (Å²) in [7, 11) is -0.769. The molecule has 0 atom stereocenters. The van der Waals surface area contributed by atoms with E-state index in [-0.39, 0.29) is 22.8 Å². The normalized spacial score (nSPS) is 13.4. The first kappa shape index (κ1) is 21.8. The number of carbonyl (C=O) groups is 1. The van der Waals surface area contributed by atoms with E-state index in [1.165, 1.54) is 31.4 Å². The molecule has 0 radical (unpaired) electrons. The molecule has 4 nitrogen and oxygen atoms in total. The SMILES string of the molecule is COP(=O)(CC(=O)/C=C/c1cc(C(C)(C)C)cc(C(C)(C)C)c1)OC. The first-order valence-electron chi connectivity index (χ1n) is 8.38. The van der Waals surface area contributed by atoms with Crippen LogP contribution in [0.4, 0.5) is 0 Å². The van der Waals surface area contributed by atoms with Gasteiger partial charge in [-0.25, -0.2) is 0 Å². The lowest BCUT2D eigenvalue weighted by molar-refractivity contribution is -0.112. The monoisotopic (exact) mass is 366 g/mol. The van der Waals surface area contributed by atoms with Crippen LogP contribution < -0.4 is 0 Å². The van der Waals surface area contributed by atoms with E-state index in [0.29, 0.717) is 0 Å². The van der Waals surface area contributed by atoms with Crippen molar-refractivity contribution in [3.05, 3.63) is 41.0 Å². The molecule has 0 bridgehead atoms. The maximum atomic E-state index is 12.1. The molecular formula is C20H31O4P. The van der Waals surface area contributed by atoms with Crippen molar-refractivity contribution < 1.29 is 18.4 Å². The van der Waals surface area contributed by atoms with E-state index in [0.717, 1.165) is 5.56 Å². The summed E-state index contributed by atoms with van der Waals surface area (Å²) in [5.41, 5.74) is 3.40. The third-order valence-corrected chi connectivity index (χ3v) is 5.87. The summed E-state index contributed by atoms with van der Waals surface area (Å²) in [5.74, 6) is -0.287. The second-order valence-corrected chi connectivity index (χ2v) is 10.5. The second kappa shape index (κ2) is 7.99. The van der Waals surface area contributed by atoms with Crippen molar-refractivity contribution in [1.82, 2.24) is 0 Å². The molecule has 5 heteroatoms. The summed E-state index contributed by atoms with van der Waals surface area (Å²) in [5, 5.41) is 0. The molecule has 1 aromatic rings. The Labute approximate surface area is 152 Å². The predicted molar refractivity (Wildman–Crippen MR) is 104 cm³/mol. The molecule has 0 saturated heterocycles. The van der Waals surface area contributed by atoms with Gasteiger partial charge < -0.3 is 9.05 Å². The highest BCUT2D eigenvalue weighted by Gasteiger charge is 2.24. The zero-order chi connectivity index (χ0) is 19.5. The Bertz CT molecular complexity index is 650. The molecule has 0 fully saturated rings. The highest BCUT2D eigenvalue weighted by molar-refractivity contribution is 7.54. The molecule has 0 aliphatic heterocycles. The van der Waals surface area contributed by atoms with Crippen LogP contribution in [0.2, 0.25) is 0 Å². The lowest BCUT2D eigenvalue weighted by Gasteiger charge is -2.25. The molecule has 0 aliphatic carbocycles. The van der Waals surface area contributed by atoms with Crippen molar-refractivity contribution in [3.63, 3.8) is 0 Å². The summed E-state index contributed by atoms with van der Waals surface area (Å²) < 4.78 is 21.7. The fourth-order valence-electron chi connectivity index (χ4n) is 2.25. The number of hydrogen-bond acceptors (Lipinski definition) is 4. The molecule has 0 N–H and O–H groups in total. The average molecular weight is 366 g/mol. The molecule has 1 rings (SSSR count). The van der Waals surface area contributed by atoms with Crippen molar-refractivity contribution in [2.24, 2.45) is 0 Å². The molecule has 140 valence electrons. The van der Waals surface area contributed by atoms with Gasteiger partial charge in [0.1, 0.15) is 6.16 Å². The molecule has 0 unspecified atom stereocenters. The summed E-state index contributed by atoms with van der Waals surface area (Å²) in [6.45, 7) is 13.0. The first-order valence-corrected chi connectivity index (χ1v) is 10.1. The van der Waals surface area contributed by atoms with Gasteiger partial charge >= 0.3 is 7.60 Å². The fraction of sp³-hybridized carbons (Fsp3) is 0.550. The van der Waals surface area contributed by atoms with Gasteiger partial charge in [0, 0.05) is 14.2 Å². The number of benzene rings is 1. The van der Waals surface area contributed by atoms with Crippen molar-refractivity contribution in [1.29, 1.82) is 0 Å². The molecule has 0 spiro atoms. The molecule has 0 aliphatic rings. The van der Waals surface area contributed by atoms with Crippen molar-refractivity contribution >= 4 is 19.5 Å². The molecule has 0 amide bonds. The van der Waals surface area contributed by atoms with Crippen LogP contribution in [0.15, 0.2) is 24.3 Å². The van der Waals surface area contributed by atoms with E-state index in [2.05, 4.69) is 59.7 Å². The van der Waals surface area contributed by atoms with Crippen LogP contribution >= 0.6 is 7.60 Å². The minimum Gasteiger partial charge on any atom is -0.312 e. The van der Waals surface area contributed by atoms with Gasteiger partial charge in [-0.2, -0.15) is 0 Å². The molecule has 0 aromatic heterocycles. The maximum Gasteiger partial charge on any atom is 0.337 e. The first-order chi connectivity index (χ1) is 11.3. The van der Waals surface area contributed by atoms with Crippen LogP contribution in [-0.4, -0.2) is 26.2 Å². The van der Waals surface area contributed by atoms with Gasteiger partial charge in [-0.3, -0.25) is 9.36 Å². The highest BCUT2D eigenvalue weighted by atomic mass is 31.2. The highest BCUT2D eigenvalue weighted by Crippen LogP contribution is 2.46. The average Bonchev–Trinajstić information content (AvgIpc) is 2.51.